The Kier molecular flexibility index (Phi) is 3.46. The van der Waals surface area contributed by atoms with E-state index in [9.17, 15) is 9.59 Å². The van der Waals surface area contributed by atoms with Gasteiger partial charge in [-0.3, -0.25) is 9.78 Å². The fraction of sp³-hybridized carbons (Fsp3) is 0.333. The van der Waals surface area contributed by atoms with Gasteiger partial charge in [-0.1, -0.05) is 13.8 Å². The summed E-state index contributed by atoms with van der Waals surface area (Å²) >= 11 is 0. The number of carboxylic acids is 1. The highest BCUT2D eigenvalue weighted by molar-refractivity contribution is 6.02. The lowest BCUT2D eigenvalue weighted by Gasteiger charge is -2.17. The molecule has 2 heterocycles. The van der Waals surface area contributed by atoms with E-state index >= 15 is 0 Å². The molecular weight excluding hydrogens is 248 g/mol. The van der Waals surface area contributed by atoms with Gasteiger partial charge in [-0.15, -0.1) is 0 Å². The Morgan fingerprint density at radius 1 is 1.37 bits per heavy atom. The Labute approximate surface area is 109 Å². The summed E-state index contributed by atoms with van der Waals surface area (Å²) in [6, 6.07) is -0.931. The van der Waals surface area contributed by atoms with Gasteiger partial charge in [-0.05, 0) is 5.92 Å². The molecule has 7 heteroatoms. The summed E-state index contributed by atoms with van der Waals surface area (Å²) in [5.74, 6) is -1.73. The molecule has 2 aromatic heterocycles. The van der Waals surface area contributed by atoms with Crippen LogP contribution in [0.5, 0.6) is 0 Å². The first-order chi connectivity index (χ1) is 9.00. The van der Waals surface area contributed by atoms with E-state index in [0.29, 0.717) is 11.1 Å². The van der Waals surface area contributed by atoms with Gasteiger partial charge in [0.1, 0.15) is 6.04 Å². The monoisotopic (exact) mass is 262 g/mol. The minimum Gasteiger partial charge on any atom is -0.480 e. The van der Waals surface area contributed by atoms with Gasteiger partial charge in [-0.25, -0.2) is 9.31 Å². The van der Waals surface area contributed by atoms with E-state index in [4.69, 9.17) is 5.11 Å². The van der Waals surface area contributed by atoms with E-state index in [1.807, 2.05) is 0 Å². The number of aliphatic carboxylic acids is 1. The van der Waals surface area contributed by atoms with Crippen molar-refractivity contribution in [2.24, 2.45) is 5.92 Å². The predicted octanol–water partition coefficient (Wildman–Crippen LogP) is 0.568. The number of hydrogen-bond donors (Lipinski definition) is 2. The van der Waals surface area contributed by atoms with Crippen LogP contribution in [0.4, 0.5) is 0 Å². The maximum Gasteiger partial charge on any atom is 0.326 e. The molecule has 0 bridgehead atoms. The molecule has 1 unspecified atom stereocenters. The van der Waals surface area contributed by atoms with Gasteiger partial charge in [0.05, 0.1) is 23.5 Å². The zero-order valence-electron chi connectivity index (χ0n) is 10.6. The fourth-order valence-corrected chi connectivity index (χ4v) is 1.74. The molecule has 0 radical (unpaired) electrons. The van der Waals surface area contributed by atoms with Crippen LogP contribution < -0.4 is 5.32 Å². The number of hydrogen-bond acceptors (Lipinski definition) is 4. The molecular formula is C12H14N4O3. The third-order valence-corrected chi connectivity index (χ3v) is 2.79. The maximum absolute atomic E-state index is 12.1. The van der Waals surface area contributed by atoms with E-state index in [1.54, 1.807) is 26.2 Å². The van der Waals surface area contributed by atoms with Gasteiger partial charge in [0.2, 0.25) is 0 Å². The number of rotatable bonds is 4. The van der Waals surface area contributed by atoms with Crippen LogP contribution in [0.15, 0.2) is 24.8 Å². The molecule has 0 saturated heterocycles. The van der Waals surface area contributed by atoms with Crippen molar-refractivity contribution in [1.29, 1.82) is 0 Å². The number of aromatic nitrogens is 3. The van der Waals surface area contributed by atoms with E-state index in [1.165, 1.54) is 16.9 Å². The smallest absolute Gasteiger partial charge is 0.326 e. The zero-order valence-corrected chi connectivity index (χ0v) is 10.6. The largest absolute Gasteiger partial charge is 0.480 e. The first kappa shape index (κ1) is 13.0. The molecule has 19 heavy (non-hydrogen) atoms. The van der Waals surface area contributed by atoms with Crippen LogP contribution in [0.1, 0.15) is 24.2 Å². The van der Waals surface area contributed by atoms with Crippen molar-refractivity contribution < 1.29 is 14.7 Å². The van der Waals surface area contributed by atoms with Crippen molar-refractivity contribution >= 4 is 17.4 Å². The summed E-state index contributed by atoms with van der Waals surface area (Å²) < 4.78 is 1.51. The van der Waals surface area contributed by atoms with E-state index in [-0.39, 0.29) is 5.92 Å². The molecule has 2 N–H and O–H groups in total. The third kappa shape index (κ3) is 2.54. The van der Waals surface area contributed by atoms with Crippen molar-refractivity contribution in [2.75, 3.05) is 0 Å². The average molecular weight is 262 g/mol. The molecule has 1 atom stereocenters. The number of fused-ring (bicyclic) bond motifs is 1. The molecule has 7 nitrogen and oxygen atoms in total. The molecule has 0 aliphatic rings. The van der Waals surface area contributed by atoms with Crippen LogP contribution in [0.25, 0.3) is 5.52 Å². The second-order valence-electron chi connectivity index (χ2n) is 4.50. The summed E-state index contributed by atoms with van der Waals surface area (Å²) in [5.41, 5.74) is 0.841. The Morgan fingerprint density at radius 3 is 2.74 bits per heavy atom. The van der Waals surface area contributed by atoms with Crippen molar-refractivity contribution in [3.8, 4) is 0 Å². The predicted molar refractivity (Wildman–Crippen MR) is 66.7 cm³/mol. The minimum absolute atomic E-state index is 0.207. The quantitative estimate of drug-likeness (QED) is 0.839. The van der Waals surface area contributed by atoms with Gasteiger partial charge in [-0.2, -0.15) is 5.10 Å². The molecule has 100 valence electrons. The van der Waals surface area contributed by atoms with Gasteiger partial charge in [0.25, 0.3) is 5.91 Å². The van der Waals surface area contributed by atoms with Crippen LogP contribution >= 0.6 is 0 Å². The highest BCUT2D eigenvalue weighted by Crippen LogP contribution is 2.10. The average Bonchev–Trinajstić information content (AvgIpc) is 2.78. The minimum atomic E-state index is -1.06. The van der Waals surface area contributed by atoms with Gasteiger partial charge in [0.15, 0.2) is 0 Å². The number of carboxylic acid groups (broad SMARTS) is 1. The molecule has 0 aliphatic heterocycles. The first-order valence-electron chi connectivity index (χ1n) is 5.81. The van der Waals surface area contributed by atoms with Gasteiger partial charge < -0.3 is 10.4 Å². The topological polar surface area (TPSA) is 96.6 Å². The Morgan fingerprint density at radius 2 is 2.11 bits per heavy atom. The summed E-state index contributed by atoms with van der Waals surface area (Å²) in [6.07, 6.45) is 6.07. The van der Waals surface area contributed by atoms with Crippen molar-refractivity contribution in [1.82, 2.24) is 19.9 Å². The Bertz CT molecular complexity index is 620. The summed E-state index contributed by atoms with van der Waals surface area (Å²) in [4.78, 5) is 27.1. The fourth-order valence-electron chi connectivity index (χ4n) is 1.74. The highest BCUT2D eigenvalue weighted by Gasteiger charge is 2.25. The lowest BCUT2D eigenvalue weighted by atomic mass is 10.0. The van der Waals surface area contributed by atoms with Crippen molar-refractivity contribution in [3.05, 3.63) is 30.4 Å². The molecule has 1 amide bonds. The molecule has 2 aromatic rings. The number of carbonyl (C=O) groups is 2. The van der Waals surface area contributed by atoms with E-state index in [0.717, 1.165) is 0 Å². The maximum atomic E-state index is 12.1. The zero-order chi connectivity index (χ0) is 14.0. The first-order valence-corrected chi connectivity index (χ1v) is 5.81. The Hall–Kier alpha value is -2.44. The van der Waals surface area contributed by atoms with Crippen LogP contribution in [0, 0.1) is 5.92 Å². The third-order valence-electron chi connectivity index (χ3n) is 2.79. The lowest BCUT2D eigenvalue weighted by molar-refractivity contribution is -0.140. The summed E-state index contributed by atoms with van der Waals surface area (Å²) in [7, 11) is 0. The lowest BCUT2D eigenvalue weighted by Crippen LogP contribution is -2.44. The van der Waals surface area contributed by atoms with E-state index in [2.05, 4.69) is 15.4 Å². The Balaban J connectivity index is 2.27. The number of nitrogens with one attached hydrogen (secondary N) is 1. The molecule has 0 spiro atoms. The van der Waals surface area contributed by atoms with Crippen molar-refractivity contribution in [3.63, 3.8) is 0 Å². The molecule has 0 aliphatic carbocycles. The molecule has 0 fully saturated rings. The standard InChI is InChI=1S/C12H14N4O3/c1-7(2)10(12(18)19)15-11(17)8-5-14-16-4-3-13-6-9(8)16/h3-7,10H,1-2H3,(H,15,17)(H,18,19). The van der Waals surface area contributed by atoms with E-state index < -0.39 is 17.9 Å². The van der Waals surface area contributed by atoms with Crippen molar-refractivity contribution in [2.45, 2.75) is 19.9 Å². The highest BCUT2D eigenvalue weighted by atomic mass is 16.4. The molecule has 2 rings (SSSR count). The summed E-state index contributed by atoms with van der Waals surface area (Å²) in [6.45, 7) is 3.47. The number of amides is 1. The molecule has 0 aromatic carbocycles. The molecule has 0 saturated carbocycles. The normalized spacial score (nSPS) is 12.6. The summed E-state index contributed by atoms with van der Waals surface area (Å²) in [5, 5.41) is 15.6. The number of nitrogens with zero attached hydrogens (tertiary/aromatic N) is 3. The van der Waals surface area contributed by atoms with Crippen LogP contribution in [-0.2, 0) is 4.79 Å². The van der Waals surface area contributed by atoms with Crippen LogP contribution in [-0.4, -0.2) is 37.6 Å². The second kappa shape index (κ2) is 5.05. The van der Waals surface area contributed by atoms with Gasteiger partial charge >= 0.3 is 5.97 Å². The SMILES string of the molecule is CC(C)C(NC(=O)c1cnn2ccncc12)C(=O)O. The van der Waals surface area contributed by atoms with Gasteiger partial charge in [0, 0.05) is 12.4 Å². The second-order valence-corrected chi connectivity index (χ2v) is 4.50. The number of carbonyl (C=O) groups excluding carboxylic acids is 1. The van der Waals surface area contributed by atoms with Crippen LogP contribution in [0.2, 0.25) is 0 Å². The van der Waals surface area contributed by atoms with Crippen LogP contribution in [0.3, 0.4) is 0 Å².